The number of hydrogen-bond acceptors (Lipinski definition) is 7. The van der Waals surface area contributed by atoms with Crippen molar-refractivity contribution in [3.63, 3.8) is 0 Å². The van der Waals surface area contributed by atoms with E-state index in [1.807, 2.05) is 25.1 Å². The van der Waals surface area contributed by atoms with Gasteiger partial charge in [-0.3, -0.25) is 30.2 Å². The number of para-hydroxylation sites is 1. The first-order chi connectivity index (χ1) is 14.9. The predicted molar refractivity (Wildman–Crippen MR) is 115 cm³/mol. The summed E-state index contributed by atoms with van der Waals surface area (Å²) in [4.78, 5) is 37.0. The zero-order valence-electron chi connectivity index (χ0n) is 17.5. The van der Waals surface area contributed by atoms with E-state index in [9.17, 15) is 14.4 Å². The number of anilines is 1. The summed E-state index contributed by atoms with van der Waals surface area (Å²) in [6.07, 6.45) is 0.142. The van der Waals surface area contributed by atoms with Crippen molar-refractivity contribution < 1.29 is 23.9 Å². The summed E-state index contributed by atoms with van der Waals surface area (Å²) in [5.41, 5.74) is 5.84. The molecule has 1 atom stereocenters. The lowest BCUT2D eigenvalue weighted by Gasteiger charge is -2.20. The monoisotopic (exact) mass is 424 g/mol. The summed E-state index contributed by atoms with van der Waals surface area (Å²) in [6, 6.07) is 13.2. The number of ketones is 1. The largest absolute Gasteiger partial charge is 0.493 e. The van der Waals surface area contributed by atoms with E-state index in [1.54, 1.807) is 24.3 Å². The van der Waals surface area contributed by atoms with Gasteiger partial charge in [0, 0.05) is 12.0 Å². The number of ether oxygens (including phenoxy) is 2. The van der Waals surface area contributed by atoms with Crippen molar-refractivity contribution in [3.05, 3.63) is 54.1 Å². The average molecular weight is 424 g/mol. The van der Waals surface area contributed by atoms with Crippen LogP contribution in [0.15, 0.2) is 53.6 Å². The third-order valence-electron chi connectivity index (χ3n) is 4.68. The van der Waals surface area contributed by atoms with Crippen LogP contribution in [0.25, 0.3) is 0 Å². The van der Waals surface area contributed by atoms with E-state index in [-0.39, 0.29) is 23.5 Å². The van der Waals surface area contributed by atoms with Gasteiger partial charge in [0.2, 0.25) is 0 Å². The molecule has 0 spiro atoms. The van der Waals surface area contributed by atoms with Crippen molar-refractivity contribution in [3.8, 4) is 11.5 Å². The molecule has 0 saturated heterocycles. The Bertz CT molecular complexity index is 1010. The number of hydrazine groups is 1. The van der Waals surface area contributed by atoms with Crippen molar-refractivity contribution >= 4 is 29.0 Å². The van der Waals surface area contributed by atoms with Crippen LogP contribution < -0.4 is 25.3 Å². The second kappa shape index (κ2) is 9.75. The molecule has 0 radical (unpaired) electrons. The fourth-order valence-corrected chi connectivity index (χ4v) is 3.12. The fraction of sp³-hybridized carbons (Fsp3) is 0.273. The average Bonchev–Trinajstić information content (AvgIpc) is 3.24. The first-order valence-electron chi connectivity index (χ1n) is 9.78. The normalized spacial score (nSPS) is 15.1. The van der Waals surface area contributed by atoms with Gasteiger partial charge in [0.15, 0.2) is 17.3 Å². The van der Waals surface area contributed by atoms with E-state index in [0.29, 0.717) is 23.8 Å². The molecule has 2 N–H and O–H groups in total. The molecule has 31 heavy (non-hydrogen) atoms. The number of hydrazone groups is 1. The van der Waals surface area contributed by atoms with Crippen molar-refractivity contribution in [1.82, 2.24) is 10.9 Å². The van der Waals surface area contributed by atoms with Crippen molar-refractivity contribution in [2.45, 2.75) is 26.3 Å². The molecule has 1 unspecified atom stereocenters. The Balaban J connectivity index is 1.67. The van der Waals surface area contributed by atoms with E-state index in [0.717, 1.165) is 0 Å². The number of carbonyl (C=O) groups excluding carboxylic acids is 3. The number of benzene rings is 2. The molecule has 2 aromatic carbocycles. The van der Waals surface area contributed by atoms with Crippen LogP contribution in [0.5, 0.6) is 11.5 Å². The summed E-state index contributed by atoms with van der Waals surface area (Å²) in [6.45, 7) is 3.76. The smallest absolute Gasteiger partial charge is 0.285 e. The number of rotatable bonds is 7. The lowest BCUT2D eigenvalue weighted by atomic mass is 10.1. The third-order valence-corrected chi connectivity index (χ3v) is 4.68. The highest BCUT2D eigenvalue weighted by atomic mass is 16.5. The summed E-state index contributed by atoms with van der Waals surface area (Å²) in [5.74, 6) is -0.306. The van der Waals surface area contributed by atoms with Crippen LogP contribution in [0, 0.1) is 0 Å². The summed E-state index contributed by atoms with van der Waals surface area (Å²) in [7, 11) is 1.48. The molecule has 0 bridgehead atoms. The molecule has 9 nitrogen and oxygen atoms in total. The maximum atomic E-state index is 12.5. The first-order valence-corrected chi connectivity index (χ1v) is 9.78. The number of nitrogens with zero attached hydrogens (tertiary/aromatic N) is 2. The van der Waals surface area contributed by atoms with Crippen molar-refractivity contribution in [2.75, 3.05) is 18.7 Å². The molecule has 0 fully saturated rings. The summed E-state index contributed by atoms with van der Waals surface area (Å²) < 4.78 is 10.7. The number of Topliss-reactive ketones (excluding diaryl/α,β-unsaturated/α-hetero) is 1. The number of nitrogens with one attached hydrogen (secondary N) is 2. The van der Waals surface area contributed by atoms with Crippen molar-refractivity contribution in [2.24, 2.45) is 5.10 Å². The molecule has 2 amide bonds. The first kappa shape index (κ1) is 21.8. The number of carbonyl (C=O) groups is 3. The summed E-state index contributed by atoms with van der Waals surface area (Å²) >= 11 is 0. The second-order valence-electron chi connectivity index (χ2n) is 6.76. The Kier molecular flexibility index (Phi) is 6.86. The zero-order chi connectivity index (χ0) is 22.4. The maximum Gasteiger partial charge on any atom is 0.285 e. The molecule has 0 aromatic heterocycles. The molecule has 0 aliphatic carbocycles. The minimum absolute atomic E-state index is 0.110. The molecular formula is C22H24N4O5. The standard InChI is InChI=1S/C22H24N4O5/c1-4-31-19-11-10-15(12-20(19)30-3)21(28)23-24-22(29)17-13-18(14(2)27)26(25-17)16-8-6-5-7-9-16/h5-12,18H,4,13H2,1-3H3,(H,23,28)(H,24,29). The van der Waals surface area contributed by atoms with Gasteiger partial charge < -0.3 is 9.47 Å². The van der Waals surface area contributed by atoms with E-state index in [2.05, 4.69) is 16.0 Å². The van der Waals surface area contributed by atoms with Crippen LogP contribution in [0.4, 0.5) is 5.69 Å². The van der Waals surface area contributed by atoms with E-state index in [1.165, 1.54) is 25.1 Å². The molecule has 2 aromatic rings. The van der Waals surface area contributed by atoms with Gasteiger partial charge >= 0.3 is 0 Å². The predicted octanol–water partition coefficient (Wildman–Crippen LogP) is 2.08. The minimum atomic E-state index is -0.587. The van der Waals surface area contributed by atoms with Gasteiger partial charge in [-0.1, -0.05) is 18.2 Å². The Morgan fingerprint density at radius 3 is 2.42 bits per heavy atom. The number of methoxy groups -OCH3 is 1. The Morgan fingerprint density at radius 2 is 1.77 bits per heavy atom. The van der Waals surface area contributed by atoms with Gasteiger partial charge in [-0.25, -0.2) is 0 Å². The van der Waals surface area contributed by atoms with E-state index in [4.69, 9.17) is 9.47 Å². The molecule has 1 aliphatic rings. The minimum Gasteiger partial charge on any atom is -0.493 e. The van der Waals surface area contributed by atoms with Gasteiger partial charge in [-0.15, -0.1) is 0 Å². The highest BCUT2D eigenvalue weighted by molar-refractivity contribution is 6.40. The lowest BCUT2D eigenvalue weighted by Crippen LogP contribution is -2.45. The highest BCUT2D eigenvalue weighted by Gasteiger charge is 2.34. The van der Waals surface area contributed by atoms with Gasteiger partial charge in [0.25, 0.3) is 11.8 Å². The molecule has 1 aliphatic heterocycles. The topological polar surface area (TPSA) is 109 Å². The van der Waals surface area contributed by atoms with Crippen LogP contribution in [0.1, 0.15) is 30.6 Å². The van der Waals surface area contributed by atoms with E-state index < -0.39 is 17.9 Å². The highest BCUT2D eigenvalue weighted by Crippen LogP contribution is 2.28. The SMILES string of the molecule is CCOc1ccc(C(=O)NNC(=O)C2=NN(c3ccccc3)C(C(C)=O)C2)cc1OC. The quantitative estimate of drug-likeness (QED) is 0.659. The Labute approximate surface area is 180 Å². The maximum absolute atomic E-state index is 12.5. The number of hydrogen-bond donors (Lipinski definition) is 2. The molecule has 9 heteroatoms. The van der Waals surface area contributed by atoms with Gasteiger partial charge in [-0.2, -0.15) is 5.10 Å². The van der Waals surface area contributed by atoms with Gasteiger partial charge in [0.05, 0.1) is 19.4 Å². The molecule has 162 valence electrons. The van der Waals surface area contributed by atoms with Crippen LogP contribution in [0.3, 0.4) is 0 Å². The molecule has 3 rings (SSSR count). The molecule has 0 saturated carbocycles. The summed E-state index contributed by atoms with van der Waals surface area (Å²) in [5, 5.41) is 5.82. The van der Waals surface area contributed by atoms with E-state index >= 15 is 0 Å². The van der Waals surface area contributed by atoms with Crippen LogP contribution in [0.2, 0.25) is 0 Å². The van der Waals surface area contributed by atoms with Crippen LogP contribution in [-0.4, -0.2) is 43.1 Å². The zero-order valence-corrected chi connectivity index (χ0v) is 17.5. The third kappa shape index (κ3) is 5.00. The van der Waals surface area contributed by atoms with Crippen LogP contribution >= 0.6 is 0 Å². The molecular weight excluding hydrogens is 400 g/mol. The number of amides is 2. The van der Waals surface area contributed by atoms with Gasteiger partial charge in [0.1, 0.15) is 11.8 Å². The Morgan fingerprint density at radius 1 is 1.06 bits per heavy atom. The fourth-order valence-electron chi connectivity index (χ4n) is 3.12. The van der Waals surface area contributed by atoms with Crippen molar-refractivity contribution in [1.29, 1.82) is 0 Å². The van der Waals surface area contributed by atoms with Crippen LogP contribution in [-0.2, 0) is 9.59 Å². The second-order valence-corrected chi connectivity index (χ2v) is 6.76. The molecule has 1 heterocycles. The lowest BCUT2D eigenvalue weighted by molar-refractivity contribution is -0.118. The van der Waals surface area contributed by atoms with Gasteiger partial charge in [-0.05, 0) is 44.2 Å². The Hall–Kier alpha value is -3.88.